The van der Waals surface area contributed by atoms with Crippen LogP contribution in [0.15, 0.2) is 24.3 Å². The lowest BCUT2D eigenvalue weighted by Crippen LogP contribution is -2.33. The van der Waals surface area contributed by atoms with Crippen molar-refractivity contribution in [1.82, 2.24) is 5.32 Å². The van der Waals surface area contributed by atoms with Crippen molar-refractivity contribution in [2.24, 2.45) is 0 Å². The van der Waals surface area contributed by atoms with Crippen LogP contribution in [0.1, 0.15) is 45.7 Å². The number of carbonyl (C=O) groups is 1. The molecule has 1 unspecified atom stereocenters. The highest BCUT2D eigenvalue weighted by Gasteiger charge is 2.17. The fourth-order valence-corrected chi connectivity index (χ4v) is 1.92. The van der Waals surface area contributed by atoms with Crippen molar-refractivity contribution < 1.29 is 14.3 Å². The summed E-state index contributed by atoms with van der Waals surface area (Å²) in [4.78, 5) is 11.7. The molecule has 112 valence electrons. The molecule has 0 bridgehead atoms. The number of methoxy groups -OCH3 is 1. The summed E-state index contributed by atoms with van der Waals surface area (Å²) >= 11 is 0. The van der Waals surface area contributed by atoms with E-state index in [-0.39, 0.29) is 18.6 Å². The van der Waals surface area contributed by atoms with Crippen molar-refractivity contribution >= 4 is 5.97 Å². The van der Waals surface area contributed by atoms with E-state index in [1.807, 2.05) is 45.0 Å². The molecule has 1 atom stereocenters. The van der Waals surface area contributed by atoms with Gasteiger partial charge in [0.05, 0.1) is 13.7 Å². The Balaban J connectivity index is 2.56. The maximum absolute atomic E-state index is 11.7. The van der Waals surface area contributed by atoms with E-state index in [0.717, 1.165) is 17.7 Å². The summed E-state index contributed by atoms with van der Waals surface area (Å²) in [6.45, 7) is 7.89. The molecular weight excluding hydrogens is 254 g/mol. The summed E-state index contributed by atoms with van der Waals surface area (Å²) in [6, 6.07) is 8.00. The normalized spacial score (nSPS) is 12.8. The second-order valence-corrected chi connectivity index (χ2v) is 5.70. The number of benzene rings is 1. The van der Waals surface area contributed by atoms with Crippen molar-refractivity contribution in [2.75, 3.05) is 13.7 Å². The number of esters is 1. The van der Waals surface area contributed by atoms with Gasteiger partial charge in [-0.1, -0.05) is 19.1 Å². The number of ether oxygens (including phenoxy) is 2. The third kappa shape index (κ3) is 5.61. The Morgan fingerprint density at radius 2 is 1.85 bits per heavy atom. The van der Waals surface area contributed by atoms with Crippen LogP contribution in [0.2, 0.25) is 0 Å². The standard InChI is InChI=1S/C16H25NO3/c1-6-14(12-7-9-13(19-5)10-8-12)17-11-15(18)20-16(2,3)4/h7-10,14,17H,6,11H2,1-5H3. The van der Waals surface area contributed by atoms with Crippen molar-refractivity contribution in [3.05, 3.63) is 29.8 Å². The van der Waals surface area contributed by atoms with Crippen LogP contribution in [0.4, 0.5) is 0 Å². The summed E-state index contributed by atoms with van der Waals surface area (Å²) in [5.41, 5.74) is 0.692. The van der Waals surface area contributed by atoms with Crippen molar-refractivity contribution in [2.45, 2.75) is 45.8 Å². The fraction of sp³-hybridized carbons (Fsp3) is 0.562. The number of rotatable bonds is 6. The van der Waals surface area contributed by atoms with E-state index in [0.29, 0.717) is 0 Å². The molecule has 0 saturated carbocycles. The predicted molar refractivity (Wildman–Crippen MR) is 79.9 cm³/mol. The molecule has 4 nitrogen and oxygen atoms in total. The van der Waals surface area contributed by atoms with Gasteiger partial charge in [-0.3, -0.25) is 4.79 Å². The van der Waals surface area contributed by atoms with Crippen LogP contribution >= 0.6 is 0 Å². The minimum atomic E-state index is -0.444. The summed E-state index contributed by atoms with van der Waals surface area (Å²) in [7, 11) is 1.65. The van der Waals surface area contributed by atoms with E-state index in [1.165, 1.54) is 0 Å². The fourth-order valence-electron chi connectivity index (χ4n) is 1.92. The van der Waals surface area contributed by atoms with E-state index in [9.17, 15) is 4.79 Å². The van der Waals surface area contributed by atoms with Gasteiger partial charge in [-0.15, -0.1) is 0 Å². The molecule has 0 aliphatic heterocycles. The molecule has 1 N–H and O–H groups in total. The van der Waals surface area contributed by atoms with Gasteiger partial charge in [-0.2, -0.15) is 0 Å². The van der Waals surface area contributed by atoms with Crippen LogP contribution in [-0.2, 0) is 9.53 Å². The molecule has 1 aromatic rings. The van der Waals surface area contributed by atoms with E-state index in [4.69, 9.17) is 9.47 Å². The van der Waals surface area contributed by atoms with Gasteiger partial charge >= 0.3 is 5.97 Å². The van der Waals surface area contributed by atoms with Crippen LogP contribution in [-0.4, -0.2) is 25.2 Å². The van der Waals surface area contributed by atoms with Gasteiger partial charge in [-0.05, 0) is 44.9 Å². The zero-order valence-electron chi connectivity index (χ0n) is 13.0. The Morgan fingerprint density at radius 3 is 2.30 bits per heavy atom. The lowest BCUT2D eigenvalue weighted by atomic mass is 10.0. The highest BCUT2D eigenvalue weighted by molar-refractivity contribution is 5.72. The molecule has 0 amide bonds. The highest BCUT2D eigenvalue weighted by Crippen LogP contribution is 2.20. The first kappa shape index (κ1) is 16.5. The first-order valence-electron chi connectivity index (χ1n) is 6.95. The lowest BCUT2D eigenvalue weighted by Gasteiger charge is -2.22. The average molecular weight is 279 g/mol. The molecule has 1 aromatic carbocycles. The van der Waals surface area contributed by atoms with E-state index < -0.39 is 5.60 Å². The second kappa shape index (κ2) is 7.29. The first-order valence-corrected chi connectivity index (χ1v) is 6.95. The van der Waals surface area contributed by atoms with Crippen LogP contribution in [0, 0.1) is 0 Å². The molecule has 0 radical (unpaired) electrons. The Bertz CT molecular complexity index is 420. The highest BCUT2D eigenvalue weighted by atomic mass is 16.6. The molecular formula is C16H25NO3. The maximum atomic E-state index is 11.7. The molecule has 0 heterocycles. The van der Waals surface area contributed by atoms with Gasteiger partial charge in [0.1, 0.15) is 11.4 Å². The third-order valence-corrected chi connectivity index (χ3v) is 2.84. The lowest BCUT2D eigenvalue weighted by molar-refractivity contribution is -0.153. The van der Waals surface area contributed by atoms with Crippen LogP contribution in [0.5, 0.6) is 5.75 Å². The topological polar surface area (TPSA) is 47.6 Å². The van der Waals surface area contributed by atoms with Gasteiger partial charge in [0, 0.05) is 6.04 Å². The Morgan fingerprint density at radius 1 is 1.25 bits per heavy atom. The van der Waals surface area contributed by atoms with Gasteiger partial charge in [0.15, 0.2) is 0 Å². The maximum Gasteiger partial charge on any atom is 0.320 e. The van der Waals surface area contributed by atoms with Crippen molar-refractivity contribution in [1.29, 1.82) is 0 Å². The first-order chi connectivity index (χ1) is 9.35. The van der Waals surface area contributed by atoms with Crippen LogP contribution in [0.25, 0.3) is 0 Å². The minimum absolute atomic E-state index is 0.133. The average Bonchev–Trinajstić information content (AvgIpc) is 2.38. The Hall–Kier alpha value is -1.55. The SMILES string of the molecule is CCC(NCC(=O)OC(C)(C)C)c1ccc(OC)cc1. The molecule has 0 aliphatic rings. The summed E-state index contributed by atoms with van der Waals surface area (Å²) in [5.74, 6) is 0.597. The van der Waals surface area contributed by atoms with Gasteiger partial charge in [-0.25, -0.2) is 0 Å². The Labute approximate surface area is 121 Å². The zero-order valence-corrected chi connectivity index (χ0v) is 13.0. The molecule has 4 heteroatoms. The van der Waals surface area contributed by atoms with Gasteiger partial charge < -0.3 is 14.8 Å². The zero-order chi connectivity index (χ0) is 15.2. The molecule has 0 spiro atoms. The second-order valence-electron chi connectivity index (χ2n) is 5.70. The number of hydrogen-bond acceptors (Lipinski definition) is 4. The van der Waals surface area contributed by atoms with Gasteiger partial charge in [0.25, 0.3) is 0 Å². The summed E-state index contributed by atoms with van der Waals surface area (Å²) in [6.07, 6.45) is 0.898. The monoisotopic (exact) mass is 279 g/mol. The smallest absolute Gasteiger partial charge is 0.320 e. The molecule has 0 saturated heterocycles. The van der Waals surface area contributed by atoms with Crippen molar-refractivity contribution in [3.63, 3.8) is 0 Å². The molecule has 20 heavy (non-hydrogen) atoms. The molecule has 0 fully saturated rings. The van der Waals surface area contributed by atoms with E-state index >= 15 is 0 Å². The van der Waals surface area contributed by atoms with Crippen LogP contribution < -0.4 is 10.1 Å². The van der Waals surface area contributed by atoms with E-state index in [2.05, 4.69) is 12.2 Å². The van der Waals surface area contributed by atoms with Crippen LogP contribution in [0.3, 0.4) is 0 Å². The minimum Gasteiger partial charge on any atom is -0.497 e. The number of hydrogen-bond donors (Lipinski definition) is 1. The summed E-state index contributed by atoms with van der Waals surface area (Å²) in [5, 5.41) is 3.23. The molecule has 0 aliphatic carbocycles. The molecule has 0 aromatic heterocycles. The predicted octanol–water partition coefficient (Wildman–Crippen LogP) is 3.08. The van der Waals surface area contributed by atoms with E-state index in [1.54, 1.807) is 7.11 Å². The Kier molecular flexibility index (Phi) is 6.02. The molecule has 1 rings (SSSR count). The summed E-state index contributed by atoms with van der Waals surface area (Å²) < 4.78 is 10.4. The van der Waals surface area contributed by atoms with Gasteiger partial charge in [0.2, 0.25) is 0 Å². The quantitative estimate of drug-likeness (QED) is 0.813. The number of nitrogens with one attached hydrogen (secondary N) is 1. The number of carbonyl (C=O) groups excluding carboxylic acids is 1. The third-order valence-electron chi connectivity index (χ3n) is 2.84. The van der Waals surface area contributed by atoms with Crippen molar-refractivity contribution in [3.8, 4) is 5.75 Å². The largest absolute Gasteiger partial charge is 0.497 e.